The van der Waals surface area contributed by atoms with Gasteiger partial charge in [-0.3, -0.25) is 0 Å². The molecule has 0 aliphatic heterocycles. The molecule has 1 heterocycles. The molecule has 0 saturated carbocycles. The molecule has 2 N–H and O–H groups in total. The number of aryl methyl sites for hydroxylation is 1. The second-order valence-electron chi connectivity index (χ2n) is 6.64. The van der Waals surface area contributed by atoms with Gasteiger partial charge in [0.2, 0.25) is 5.95 Å². The first kappa shape index (κ1) is 19.3. The normalized spacial score (nSPS) is 10.3. The lowest BCUT2D eigenvalue weighted by atomic mass is 10.3. The lowest BCUT2D eigenvalue weighted by molar-refractivity contribution is 0.415. The molecule has 0 aliphatic carbocycles. The van der Waals surface area contributed by atoms with E-state index >= 15 is 0 Å². The van der Waals surface area contributed by atoms with Gasteiger partial charge in [0, 0.05) is 23.1 Å². The fourth-order valence-corrected chi connectivity index (χ4v) is 2.87. The molecule has 1 aromatic heterocycles. The van der Waals surface area contributed by atoms with Crippen molar-refractivity contribution in [2.24, 2.45) is 0 Å². The van der Waals surface area contributed by atoms with Crippen molar-refractivity contribution in [3.05, 3.63) is 90.6 Å². The Morgan fingerprint density at radius 2 is 1.27 bits per heavy atom. The summed E-state index contributed by atoms with van der Waals surface area (Å²) < 4.78 is 11.0. The van der Waals surface area contributed by atoms with Crippen LogP contribution in [0.2, 0.25) is 0 Å². The Morgan fingerprint density at radius 1 is 0.667 bits per heavy atom. The van der Waals surface area contributed by atoms with Crippen LogP contribution in [0.3, 0.4) is 0 Å². The molecule has 6 nitrogen and oxygen atoms in total. The zero-order valence-electron chi connectivity index (χ0n) is 16.8. The number of rotatable bonds is 7. The van der Waals surface area contributed by atoms with Gasteiger partial charge in [-0.2, -0.15) is 4.98 Å². The summed E-state index contributed by atoms with van der Waals surface area (Å²) in [4.78, 5) is 9.02. The molecule has 0 radical (unpaired) electrons. The van der Waals surface area contributed by atoms with Gasteiger partial charge in [-0.05, 0) is 67.6 Å². The summed E-state index contributed by atoms with van der Waals surface area (Å²) >= 11 is 0. The van der Waals surface area contributed by atoms with Gasteiger partial charge in [-0.1, -0.05) is 18.2 Å². The standard InChI is InChI=1S/C24H22N4O2/c1-17-16-23(28-24(25-17)27-19-8-12-20(29-2)13-9-19)26-18-10-14-22(15-11-18)30-21-6-4-3-5-7-21/h3-16H,1-2H3,(H2,25,26,27,28). The van der Waals surface area contributed by atoms with Gasteiger partial charge in [-0.15, -0.1) is 0 Å². The van der Waals surface area contributed by atoms with Gasteiger partial charge in [0.15, 0.2) is 0 Å². The molecule has 4 aromatic rings. The van der Waals surface area contributed by atoms with E-state index in [0.717, 1.165) is 34.3 Å². The van der Waals surface area contributed by atoms with Crippen molar-refractivity contribution in [2.45, 2.75) is 6.92 Å². The van der Waals surface area contributed by atoms with Crippen LogP contribution in [0.25, 0.3) is 0 Å². The third-order valence-corrected chi connectivity index (χ3v) is 4.31. The highest BCUT2D eigenvalue weighted by Crippen LogP contribution is 2.25. The molecule has 0 atom stereocenters. The second kappa shape index (κ2) is 8.96. The van der Waals surface area contributed by atoms with Crippen molar-refractivity contribution >= 4 is 23.1 Å². The lowest BCUT2D eigenvalue weighted by Crippen LogP contribution is -2.02. The average molecular weight is 398 g/mol. The number of hydrogen-bond acceptors (Lipinski definition) is 6. The highest BCUT2D eigenvalue weighted by Gasteiger charge is 2.05. The maximum atomic E-state index is 5.83. The lowest BCUT2D eigenvalue weighted by Gasteiger charge is -2.11. The van der Waals surface area contributed by atoms with Crippen molar-refractivity contribution in [1.82, 2.24) is 9.97 Å². The fourth-order valence-electron chi connectivity index (χ4n) is 2.87. The largest absolute Gasteiger partial charge is 0.497 e. The third kappa shape index (κ3) is 5.05. The summed E-state index contributed by atoms with van der Waals surface area (Å²) in [7, 11) is 1.64. The van der Waals surface area contributed by atoms with E-state index in [1.54, 1.807) is 7.11 Å². The molecule has 0 spiro atoms. The summed E-state index contributed by atoms with van der Waals surface area (Å²) in [6.07, 6.45) is 0. The first-order valence-electron chi connectivity index (χ1n) is 9.55. The van der Waals surface area contributed by atoms with Crippen LogP contribution < -0.4 is 20.1 Å². The van der Waals surface area contributed by atoms with Crippen molar-refractivity contribution in [3.63, 3.8) is 0 Å². The molecular formula is C24H22N4O2. The Balaban J connectivity index is 1.45. The first-order valence-corrected chi connectivity index (χ1v) is 9.55. The third-order valence-electron chi connectivity index (χ3n) is 4.31. The van der Waals surface area contributed by atoms with Crippen molar-refractivity contribution < 1.29 is 9.47 Å². The smallest absolute Gasteiger partial charge is 0.229 e. The van der Waals surface area contributed by atoms with Crippen LogP contribution in [0.15, 0.2) is 84.9 Å². The van der Waals surface area contributed by atoms with E-state index in [4.69, 9.17) is 9.47 Å². The minimum Gasteiger partial charge on any atom is -0.497 e. The number of para-hydroxylation sites is 1. The molecule has 0 unspecified atom stereocenters. The minimum absolute atomic E-state index is 0.520. The fraction of sp³-hybridized carbons (Fsp3) is 0.0833. The minimum atomic E-state index is 0.520. The van der Waals surface area contributed by atoms with E-state index in [0.29, 0.717) is 11.8 Å². The number of hydrogen-bond donors (Lipinski definition) is 2. The van der Waals surface area contributed by atoms with Crippen LogP contribution in [0, 0.1) is 6.92 Å². The van der Waals surface area contributed by atoms with Crippen LogP contribution in [-0.4, -0.2) is 17.1 Å². The van der Waals surface area contributed by atoms with E-state index in [9.17, 15) is 0 Å². The maximum absolute atomic E-state index is 5.83. The first-order chi connectivity index (χ1) is 14.7. The summed E-state index contributed by atoms with van der Waals surface area (Å²) in [5, 5.41) is 6.53. The quantitative estimate of drug-likeness (QED) is 0.394. The monoisotopic (exact) mass is 398 g/mol. The molecule has 6 heteroatoms. The molecular weight excluding hydrogens is 376 g/mol. The molecule has 3 aromatic carbocycles. The number of benzene rings is 3. The molecule has 0 bridgehead atoms. The van der Waals surface area contributed by atoms with Gasteiger partial charge >= 0.3 is 0 Å². The Kier molecular flexibility index (Phi) is 5.75. The van der Waals surface area contributed by atoms with Gasteiger partial charge in [0.25, 0.3) is 0 Å². The molecule has 0 aliphatic rings. The van der Waals surface area contributed by atoms with Crippen LogP contribution in [0.1, 0.15) is 5.69 Å². The Morgan fingerprint density at radius 3 is 1.93 bits per heavy atom. The van der Waals surface area contributed by atoms with Gasteiger partial charge < -0.3 is 20.1 Å². The molecule has 4 rings (SSSR count). The second-order valence-corrected chi connectivity index (χ2v) is 6.64. The topological polar surface area (TPSA) is 68.3 Å². The van der Waals surface area contributed by atoms with Crippen LogP contribution in [-0.2, 0) is 0 Å². The number of anilines is 4. The average Bonchev–Trinajstić information content (AvgIpc) is 2.76. The van der Waals surface area contributed by atoms with E-state index in [1.807, 2.05) is 91.9 Å². The number of nitrogens with one attached hydrogen (secondary N) is 2. The molecule has 0 saturated heterocycles. The summed E-state index contributed by atoms with van der Waals surface area (Å²) in [6.45, 7) is 1.93. The molecule has 150 valence electrons. The number of methoxy groups -OCH3 is 1. The number of nitrogens with zero attached hydrogens (tertiary/aromatic N) is 2. The summed E-state index contributed by atoms with van der Waals surface area (Å²) in [5.74, 6) is 3.60. The maximum Gasteiger partial charge on any atom is 0.229 e. The number of ether oxygens (including phenoxy) is 2. The van der Waals surface area contributed by atoms with Gasteiger partial charge in [0.1, 0.15) is 23.1 Å². The van der Waals surface area contributed by atoms with Gasteiger partial charge in [-0.25, -0.2) is 4.98 Å². The van der Waals surface area contributed by atoms with Crippen molar-refractivity contribution in [2.75, 3.05) is 17.7 Å². The van der Waals surface area contributed by atoms with Crippen LogP contribution in [0.4, 0.5) is 23.1 Å². The van der Waals surface area contributed by atoms with E-state index < -0.39 is 0 Å². The SMILES string of the molecule is COc1ccc(Nc2nc(C)cc(Nc3ccc(Oc4ccccc4)cc3)n2)cc1. The van der Waals surface area contributed by atoms with Gasteiger partial charge in [0.05, 0.1) is 7.11 Å². The summed E-state index contributed by atoms with van der Waals surface area (Å²) in [6, 6.07) is 26.9. The Labute approximate surface area is 175 Å². The van der Waals surface area contributed by atoms with E-state index in [-0.39, 0.29) is 0 Å². The summed E-state index contributed by atoms with van der Waals surface area (Å²) in [5.41, 5.74) is 2.64. The van der Waals surface area contributed by atoms with Crippen molar-refractivity contribution in [1.29, 1.82) is 0 Å². The zero-order valence-corrected chi connectivity index (χ0v) is 16.8. The molecule has 30 heavy (non-hydrogen) atoms. The molecule has 0 amide bonds. The predicted molar refractivity (Wildman–Crippen MR) is 119 cm³/mol. The van der Waals surface area contributed by atoms with E-state index in [2.05, 4.69) is 20.6 Å². The Bertz CT molecular complexity index is 1100. The van der Waals surface area contributed by atoms with E-state index in [1.165, 1.54) is 0 Å². The predicted octanol–water partition coefficient (Wildman–Crippen LogP) is 6.07. The highest BCUT2D eigenvalue weighted by atomic mass is 16.5. The Hall–Kier alpha value is -4.06. The van der Waals surface area contributed by atoms with Crippen LogP contribution >= 0.6 is 0 Å². The highest BCUT2D eigenvalue weighted by molar-refractivity contribution is 5.61. The van der Waals surface area contributed by atoms with Crippen LogP contribution in [0.5, 0.6) is 17.2 Å². The number of aromatic nitrogens is 2. The molecule has 0 fully saturated rings. The van der Waals surface area contributed by atoms with Crippen molar-refractivity contribution in [3.8, 4) is 17.2 Å². The zero-order chi connectivity index (χ0) is 20.8.